The summed E-state index contributed by atoms with van der Waals surface area (Å²) >= 11 is 0. The zero-order valence-electron chi connectivity index (χ0n) is 21.2. The maximum absolute atomic E-state index is 9.66. The van der Waals surface area contributed by atoms with Gasteiger partial charge in [0.15, 0.2) is 0 Å². The molecule has 0 aliphatic rings. The fourth-order valence-corrected chi connectivity index (χ4v) is 6.02. The van der Waals surface area contributed by atoms with Gasteiger partial charge in [0.1, 0.15) is 11.2 Å². The number of hydrogen-bond acceptors (Lipinski definition) is 3. The Morgan fingerprint density at radius 1 is 0.525 bits per heavy atom. The van der Waals surface area contributed by atoms with E-state index in [2.05, 4.69) is 95.6 Å². The van der Waals surface area contributed by atoms with Gasteiger partial charge in [0.2, 0.25) is 0 Å². The Labute approximate surface area is 229 Å². The Bertz CT molecular complexity index is 2380. The fraction of sp³-hybridized carbons (Fsp3) is 0. The predicted molar refractivity (Wildman–Crippen MR) is 160 cm³/mol. The van der Waals surface area contributed by atoms with Crippen molar-refractivity contribution in [2.24, 2.45) is 0 Å². The minimum Gasteiger partial charge on any atom is -0.456 e. The summed E-state index contributed by atoms with van der Waals surface area (Å²) in [7, 11) is 0. The second-order valence-electron chi connectivity index (χ2n) is 10.0. The number of para-hydroxylation sites is 1. The maximum atomic E-state index is 9.66. The molecule has 0 bridgehead atoms. The van der Waals surface area contributed by atoms with Gasteiger partial charge >= 0.3 is 0 Å². The van der Waals surface area contributed by atoms with E-state index in [0.29, 0.717) is 11.1 Å². The molecule has 0 aliphatic carbocycles. The average molecular weight is 510 g/mol. The third-order valence-corrected chi connectivity index (χ3v) is 7.80. The van der Waals surface area contributed by atoms with Crippen LogP contribution in [0.3, 0.4) is 0 Å². The van der Waals surface area contributed by atoms with Crippen LogP contribution < -0.4 is 0 Å². The van der Waals surface area contributed by atoms with Gasteiger partial charge < -0.3 is 8.98 Å². The van der Waals surface area contributed by atoms with Crippen molar-refractivity contribution in [3.8, 4) is 29.0 Å². The zero-order chi connectivity index (χ0) is 26.8. The molecule has 184 valence electrons. The van der Waals surface area contributed by atoms with E-state index < -0.39 is 0 Å². The second-order valence-corrected chi connectivity index (χ2v) is 10.0. The topological polar surface area (TPSA) is 65.7 Å². The number of furan rings is 1. The lowest BCUT2D eigenvalue weighted by Crippen LogP contribution is -1.96. The van der Waals surface area contributed by atoms with Crippen LogP contribution in [0.5, 0.6) is 0 Å². The van der Waals surface area contributed by atoms with Gasteiger partial charge in [0, 0.05) is 27.2 Å². The number of nitrogens with zero attached hydrogens (tertiary/aromatic N) is 3. The Hall–Kier alpha value is -5.84. The summed E-state index contributed by atoms with van der Waals surface area (Å²) in [5.41, 5.74) is 7.66. The largest absolute Gasteiger partial charge is 0.456 e. The highest BCUT2D eigenvalue weighted by Gasteiger charge is 2.17. The minimum absolute atomic E-state index is 0.459. The molecular formula is C36H19N3O. The van der Waals surface area contributed by atoms with Gasteiger partial charge in [-0.3, -0.25) is 0 Å². The molecule has 4 heteroatoms. The molecule has 2 heterocycles. The highest BCUT2D eigenvalue weighted by atomic mass is 16.3. The molecule has 40 heavy (non-hydrogen) atoms. The van der Waals surface area contributed by atoms with Crippen LogP contribution in [0, 0.1) is 22.7 Å². The molecule has 0 saturated heterocycles. The van der Waals surface area contributed by atoms with Crippen molar-refractivity contribution < 1.29 is 4.42 Å². The molecular weight excluding hydrogens is 490 g/mol. The number of fused-ring (bicyclic) bond motifs is 8. The number of aromatic nitrogens is 1. The van der Waals surface area contributed by atoms with Gasteiger partial charge in [-0.05, 0) is 76.5 Å². The molecule has 0 atom stereocenters. The van der Waals surface area contributed by atoms with Crippen molar-refractivity contribution in [3.63, 3.8) is 0 Å². The van der Waals surface area contributed by atoms with Crippen molar-refractivity contribution in [1.82, 2.24) is 4.57 Å². The van der Waals surface area contributed by atoms with Crippen LogP contribution in [0.4, 0.5) is 0 Å². The first-order valence-corrected chi connectivity index (χ1v) is 13.0. The van der Waals surface area contributed by atoms with E-state index in [4.69, 9.17) is 4.42 Å². The van der Waals surface area contributed by atoms with E-state index in [0.717, 1.165) is 71.3 Å². The molecule has 0 spiro atoms. The van der Waals surface area contributed by atoms with Gasteiger partial charge in [0.25, 0.3) is 0 Å². The van der Waals surface area contributed by atoms with Crippen LogP contribution >= 0.6 is 0 Å². The van der Waals surface area contributed by atoms with Crippen LogP contribution in [0.2, 0.25) is 0 Å². The highest BCUT2D eigenvalue weighted by Crippen LogP contribution is 2.40. The summed E-state index contributed by atoms with van der Waals surface area (Å²) in [6.45, 7) is 0. The van der Waals surface area contributed by atoms with Crippen molar-refractivity contribution in [1.29, 1.82) is 10.5 Å². The molecule has 2 aromatic heterocycles. The Morgan fingerprint density at radius 3 is 2.02 bits per heavy atom. The lowest BCUT2D eigenvalue weighted by atomic mass is 9.99. The smallest absolute Gasteiger partial charge is 0.136 e. The molecule has 8 rings (SSSR count). The molecule has 0 amide bonds. The van der Waals surface area contributed by atoms with Crippen molar-refractivity contribution >= 4 is 54.5 Å². The Morgan fingerprint density at radius 2 is 1.20 bits per heavy atom. The molecule has 0 fully saturated rings. The number of hydrogen-bond donors (Lipinski definition) is 0. The third-order valence-electron chi connectivity index (χ3n) is 7.80. The molecule has 6 aromatic carbocycles. The lowest BCUT2D eigenvalue weighted by molar-refractivity contribution is 0.669. The quantitative estimate of drug-likeness (QED) is 0.233. The number of rotatable bonds is 2. The average Bonchev–Trinajstić information content (AvgIpc) is 3.55. The Kier molecular flexibility index (Phi) is 4.62. The zero-order valence-corrected chi connectivity index (χ0v) is 21.2. The highest BCUT2D eigenvalue weighted by molar-refractivity contribution is 6.22. The van der Waals surface area contributed by atoms with E-state index >= 15 is 0 Å². The normalized spacial score (nSPS) is 11.4. The van der Waals surface area contributed by atoms with E-state index in [1.165, 1.54) is 0 Å². The van der Waals surface area contributed by atoms with Crippen molar-refractivity contribution in [2.45, 2.75) is 0 Å². The van der Waals surface area contributed by atoms with Crippen LogP contribution in [0.25, 0.3) is 71.3 Å². The standard InChI is InChI=1S/C36H19N3O/c37-20-22-15-23(21-38)17-27(16-22)39-32-13-11-25(18-31(32)36-28-6-2-1-5-24(28)10-14-33(36)39)26-9-12-30-29-7-3-4-8-34(29)40-35(30)19-26/h1-19H. The summed E-state index contributed by atoms with van der Waals surface area (Å²) in [6.07, 6.45) is 0. The predicted octanol–water partition coefficient (Wildman–Crippen LogP) is 9.25. The van der Waals surface area contributed by atoms with Crippen LogP contribution in [0.15, 0.2) is 120 Å². The molecule has 0 N–H and O–H groups in total. The van der Waals surface area contributed by atoms with Crippen LogP contribution in [0.1, 0.15) is 11.1 Å². The lowest BCUT2D eigenvalue weighted by Gasteiger charge is -2.10. The van der Waals surface area contributed by atoms with Gasteiger partial charge in [-0.15, -0.1) is 0 Å². The molecule has 0 unspecified atom stereocenters. The summed E-state index contributed by atoms with van der Waals surface area (Å²) in [6, 6.07) is 43.4. The first-order chi connectivity index (χ1) is 19.7. The van der Waals surface area contributed by atoms with Crippen LogP contribution in [-0.2, 0) is 0 Å². The first kappa shape index (κ1) is 22.2. The molecule has 4 nitrogen and oxygen atoms in total. The fourth-order valence-electron chi connectivity index (χ4n) is 6.02. The SMILES string of the molecule is N#Cc1cc(C#N)cc(-n2c3ccc(-c4ccc5c(c4)oc4ccccc45)cc3c3c4ccccc4ccc32)c1. The molecule has 0 aliphatic heterocycles. The van der Waals surface area contributed by atoms with Crippen LogP contribution in [-0.4, -0.2) is 4.57 Å². The molecule has 0 saturated carbocycles. The van der Waals surface area contributed by atoms with Gasteiger partial charge in [-0.25, -0.2) is 0 Å². The Balaban J connectivity index is 1.44. The maximum Gasteiger partial charge on any atom is 0.136 e. The summed E-state index contributed by atoms with van der Waals surface area (Å²) in [5.74, 6) is 0. The molecule has 0 radical (unpaired) electrons. The van der Waals surface area contributed by atoms with E-state index in [1.54, 1.807) is 6.07 Å². The number of benzene rings is 6. The molecule has 8 aromatic rings. The van der Waals surface area contributed by atoms with E-state index in [-0.39, 0.29) is 0 Å². The first-order valence-electron chi connectivity index (χ1n) is 13.0. The van der Waals surface area contributed by atoms with Crippen molar-refractivity contribution in [2.75, 3.05) is 0 Å². The number of nitriles is 2. The van der Waals surface area contributed by atoms with Crippen molar-refractivity contribution in [3.05, 3.63) is 126 Å². The van der Waals surface area contributed by atoms with Gasteiger partial charge in [-0.1, -0.05) is 60.7 Å². The van der Waals surface area contributed by atoms with Gasteiger partial charge in [0.05, 0.1) is 34.3 Å². The third kappa shape index (κ3) is 3.18. The summed E-state index contributed by atoms with van der Waals surface area (Å²) in [4.78, 5) is 0. The minimum atomic E-state index is 0.459. The van der Waals surface area contributed by atoms with Gasteiger partial charge in [-0.2, -0.15) is 10.5 Å². The summed E-state index contributed by atoms with van der Waals surface area (Å²) < 4.78 is 8.34. The van der Waals surface area contributed by atoms with E-state index in [1.807, 2.05) is 30.3 Å². The van der Waals surface area contributed by atoms with E-state index in [9.17, 15) is 10.5 Å². The monoisotopic (exact) mass is 509 g/mol. The second kappa shape index (κ2) is 8.33. The summed E-state index contributed by atoms with van der Waals surface area (Å²) in [5, 5.41) is 26.1.